The fraction of sp³-hybridized carbons (Fsp3) is 0.562. The summed E-state index contributed by atoms with van der Waals surface area (Å²) in [5.41, 5.74) is -1.48. The van der Waals surface area contributed by atoms with Gasteiger partial charge in [-0.2, -0.15) is 13.2 Å². The van der Waals surface area contributed by atoms with Crippen LogP contribution in [0.4, 0.5) is 33.3 Å². The van der Waals surface area contributed by atoms with Gasteiger partial charge in [0.25, 0.3) is 5.91 Å². The van der Waals surface area contributed by atoms with E-state index >= 15 is 0 Å². The Morgan fingerprint density at radius 2 is 1.67 bits per heavy atom. The van der Waals surface area contributed by atoms with Gasteiger partial charge in [0, 0.05) is 69.3 Å². The number of carboxylic acids is 1. The van der Waals surface area contributed by atoms with Crippen LogP contribution in [0.3, 0.4) is 0 Å². The van der Waals surface area contributed by atoms with E-state index in [-0.39, 0.29) is 35.2 Å². The summed E-state index contributed by atoms with van der Waals surface area (Å²) < 4.78 is 74.1. The molecule has 1 N–H and O–H groups in total. The van der Waals surface area contributed by atoms with Crippen molar-refractivity contribution in [3.63, 3.8) is 0 Å². The van der Waals surface area contributed by atoms with Gasteiger partial charge < -0.3 is 24.5 Å². The highest BCUT2D eigenvalue weighted by Crippen LogP contribution is 2.48. The summed E-state index contributed by atoms with van der Waals surface area (Å²) in [6.07, 6.45) is -1.48. The fourth-order valence-corrected chi connectivity index (χ4v) is 7.20. The molecule has 1 amide bonds. The summed E-state index contributed by atoms with van der Waals surface area (Å²) in [4.78, 5) is 33.2. The van der Waals surface area contributed by atoms with E-state index in [4.69, 9.17) is 4.74 Å². The summed E-state index contributed by atoms with van der Waals surface area (Å²) in [6, 6.07) is 6.85. The zero-order valence-corrected chi connectivity index (χ0v) is 25.0. The van der Waals surface area contributed by atoms with Gasteiger partial charge in [-0.25, -0.2) is 13.6 Å². The molecule has 0 spiro atoms. The topological polar surface area (TPSA) is 76.6 Å². The highest BCUT2D eigenvalue weighted by molar-refractivity contribution is 5.89. The van der Waals surface area contributed by atoms with Gasteiger partial charge in [-0.1, -0.05) is 0 Å². The van der Waals surface area contributed by atoms with Gasteiger partial charge in [0.1, 0.15) is 17.2 Å². The van der Waals surface area contributed by atoms with Crippen LogP contribution in [0.5, 0.6) is 0 Å². The lowest BCUT2D eigenvalue weighted by Gasteiger charge is -2.49. The van der Waals surface area contributed by atoms with Crippen molar-refractivity contribution in [2.24, 2.45) is 5.92 Å². The first-order valence-corrected chi connectivity index (χ1v) is 15.5. The van der Waals surface area contributed by atoms with E-state index in [0.717, 1.165) is 31.4 Å². The Balaban J connectivity index is 1.06. The number of carbonyl (C=O) groups excluding carboxylic acids is 1. The first-order valence-electron chi connectivity index (χ1n) is 15.5. The minimum Gasteiger partial charge on any atom is -0.478 e. The van der Waals surface area contributed by atoms with Crippen molar-refractivity contribution in [3.8, 4) is 0 Å². The molecule has 2 aromatic carbocycles. The molecule has 0 radical (unpaired) electrons. The molecule has 2 aromatic rings. The van der Waals surface area contributed by atoms with Gasteiger partial charge in [0.15, 0.2) is 0 Å². The molecule has 6 rings (SSSR count). The van der Waals surface area contributed by atoms with Gasteiger partial charge in [-0.05, 0) is 74.9 Å². The van der Waals surface area contributed by atoms with Crippen LogP contribution >= 0.6 is 0 Å². The van der Waals surface area contributed by atoms with Crippen molar-refractivity contribution in [1.29, 1.82) is 0 Å². The molecule has 1 saturated carbocycles. The van der Waals surface area contributed by atoms with Crippen molar-refractivity contribution in [2.75, 3.05) is 62.2 Å². The summed E-state index contributed by atoms with van der Waals surface area (Å²) in [5, 5.41) is 9.32. The minimum absolute atomic E-state index is 0.0456. The Kier molecular flexibility index (Phi) is 8.44. The van der Waals surface area contributed by atoms with Crippen molar-refractivity contribution in [1.82, 2.24) is 9.80 Å². The van der Waals surface area contributed by atoms with E-state index in [1.54, 1.807) is 15.9 Å². The first kappa shape index (κ1) is 31.5. The number of hydrogen-bond acceptors (Lipinski definition) is 6. The number of benzene rings is 2. The second-order valence-corrected chi connectivity index (χ2v) is 12.6. The molecule has 45 heavy (non-hydrogen) atoms. The van der Waals surface area contributed by atoms with Gasteiger partial charge in [-0.15, -0.1) is 0 Å². The Morgan fingerprint density at radius 3 is 2.27 bits per heavy atom. The quantitative estimate of drug-likeness (QED) is 0.454. The predicted molar refractivity (Wildman–Crippen MR) is 156 cm³/mol. The number of rotatable bonds is 6. The van der Waals surface area contributed by atoms with E-state index in [2.05, 4.69) is 9.80 Å². The number of carbonyl (C=O) groups is 2. The number of piperazine rings is 2. The Morgan fingerprint density at radius 1 is 0.933 bits per heavy atom. The summed E-state index contributed by atoms with van der Waals surface area (Å²) in [7, 11) is 0. The maximum Gasteiger partial charge on any atom is 0.416 e. The smallest absolute Gasteiger partial charge is 0.416 e. The molecular formula is C32H37F5N4O4. The summed E-state index contributed by atoms with van der Waals surface area (Å²) in [6.45, 7) is 5.70. The van der Waals surface area contributed by atoms with Crippen LogP contribution < -0.4 is 9.80 Å². The second-order valence-electron chi connectivity index (χ2n) is 12.6. The van der Waals surface area contributed by atoms with Crippen LogP contribution in [0, 0.1) is 17.6 Å². The number of anilines is 2. The summed E-state index contributed by atoms with van der Waals surface area (Å²) in [5.74, 6) is -2.95. The molecule has 3 saturated heterocycles. The van der Waals surface area contributed by atoms with Gasteiger partial charge >= 0.3 is 12.1 Å². The monoisotopic (exact) mass is 636 g/mol. The molecule has 4 aliphatic rings. The summed E-state index contributed by atoms with van der Waals surface area (Å²) >= 11 is 0. The second kappa shape index (κ2) is 12.1. The Bertz CT molecular complexity index is 1440. The van der Waals surface area contributed by atoms with Crippen molar-refractivity contribution in [3.05, 3.63) is 59.2 Å². The van der Waals surface area contributed by atoms with E-state index in [1.807, 2.05) is 6.92 Å². The lowest BCUT2D eigenvalue weighted by Crippen LogP contribution is -2.62. The Labute approximate surface area is 258 Å². The zero-order valence-electron chi connectivity index (χ0n) is 25.0. The normalized spacial score (nSPS) is 26.7. The molecule has 244 valence electrons. The third kappa shape index (κ3) is 6.33. The van der Waals surface area contributed by atoms with Crippen LogP contribution in [-0.4, -0.2) is 96.9 Å². The van der Waals surface area contributed by atoms with Crippen LogP contribution in [0.15, 0.2) is 36.4 Å². The molecule has 0 aromatic heterocycles. The minimum atomic E-state index is -4.65. The maximum atomic E-state index is 14.0. The molecule has 3 aliphatic heterocycles. The average molecular weight is 637 g/mol. The molecule has 1 aliphatic carbocycles. The van der Waals surface area contributed by atoms with E-state index < -0.39 is 34.9 Å². The number of ether oxygens (including phenoxy) is 1. The third-order valence-electron chi connectivity index (χ3n) is 9.81. The van der Waals surface area contributed by atoms with Crippen molar-refractivity contribution >= 4 is 23.3 Å². The van der Waals surface area contributed by atoms with Crippen LogP contribution in [0.1, 0.15) is 48.5 Å². The highest BCUT2D eigenvalue weighted by Gasteiger charge is 2.56. The van der Waals surface area contributed by atoms with Crippen molar-refractivity contribution in [2.45, 2.75) is 56.5 Å². The average Bonchev–Trinajstić information content (AvgIpc) is 3.87. The molecule has 3 atom stereocenters. The lowest BCUT2D eigenvalue weighted by atomic mass is 9.85. The number of hydrogen-bond donors (Lipinski definition) is 1. The van der Waals surface area contributed by atoms with Crippen LogP contribution in [0.25, 0.3) is 0 Å². The molecule has 8 nitrogen and oxygen atoms in total. The molecule has 4 fully saturated rings. The van der Waals surface area contributed by atoms with E-state index in [0.29, 0.717) is 70.6 Å². The molecule has 3 heterocycles. The molecule has 0 bridgehead atoms. The zero-order chi connectivity index (χ0) is 32.1. The predicted octanol–water partition coefficient (Wildman–Crippen LogP) is 4.87. The van der Waals surface area contributed by atoms with E-state index in [9.17, 15) is 36.6 Å². The maximum absolute atomic E-state index is 14.0. The van der Waals surface area contributed by atoms with Gasteiger partial charge in [0.2, 0.25) is 0 Å². The number of amides is 1. The van der Waals surface area contributed by atoms with Crippen LogP contribution in [-0.2, 0) is 15.7 Å². The van der Waals surface area contributed by atoms with E-state index in [1.165, 1.54) is 12.1 Å². The number of nitrogens with zero attached hydrogens (tertiary/aromatic N) is 4. The molecule has 2 unspecified atom stereocenters. The molecule has 13 heteroatoms. The third-order valence-corrected chi connectivity index (χ3v) is 9.81. The SMILES string of the molecule is CC1CN(C2CC[C@@](C(=O)N3CCN(c4cc(F)cc(C(F)(F)F)c4)CC3)(C3CC3)OC2)CCN1c1ccc(F)c(C(=O)O)c1. The Hall–Kier alpha value is -3.45. The highest BCUT2D eigenvalue weighted by atomic mass is 19.4. The van der Waals surface area contributed by atoms with Gasteiger partial charge in [-0.3, -0.25) is 9.69 Å². The van der Waals surface area contributed by atoms with Crippen molar-refractivity contribution < 1.29 is 41.4 Å². The number of alkyl halides is 3. The fourth-order valence-electron chi connectivity index (χ4n) is 7.20. The largest absolute Gasteiger partial charge is 0.478 e. The number of aromatic carboxylic acids is 1. The lowest BCUT2D eigenvalue weighted by molar-refractivity contribution is -0.176. The van der Waals surface area contributed by atoms with Crippen LogP contribution in [0.2, 0.25) is 0 Å². The van der Waals surface area contributed by atoms with Gasteiger partial charge in [0.05, 0.1) is 17.7 Å². The number of carboxylic acid groups (broad SMARTS) is 1. The standard InChI is InChI=1S/C32H37F5N4O4/c1-20-18-40(12-13-41(20)24-4-5-28(34)27(17-24)29(42)43)25-6-7-31(45-19-25,21-2-3-21)30(44)39-10-8-38(9-11-39)26-15-22(32(35,36)37)14-23(33)16-26/h4-5,14-17,20-21,25H,2-3,6-13,18-19H2,1H3,(H,42,43)/t20?,25?,31-/m0/s1. The number of halogens is 5. The first-order chi connectivity index (χ1) is 21.4. The molecular weight excluding hydrogens is 599 g/mol.